The lowest BCUT2D eigenvalue weighted by molar-refractivity contribution is 0.264. The summed E-state index contributed by atoms with van der Waals surface area (Å²) in [6.45, 7) is 1.87. The highest BCUT2D eigenvalue weighted by molar-refractivity contribution is 7.90. The van der Waals surface area contributed by atoms with E-state index >= 15 is 0 Å². The molecule has 0 amide bonds. The highest BCUT2D eigenvalue weighted by atomic mass is 32.2. The van der Waals surface area contributed by atoms with E-state index in [1.807, 2.05) is 24.3 Å². The molecule has 2 fully saturated rings. The lowest BCUT2D eigenvalue weighted by Crippen LogP contribution is -2.49. The van der Waals surface area contributed by atoms with Crippen LogP contribution in [0.4, 0.5) is 0 Å². The predicted octanol–water partition coefficient (Wildman–Crippen LogP) is 1.13. The summed E-state index contributed by atoms with van der Waals surface area (Å²) in [4.78, 5) is 0. The number of rotatable bonds is 4. The molecular formula is C14H20N2O3S. The Morgan fingerprint density at radius 1 is 1.30 bits per heavy atom. The monoisotopic (exact) mass is 296 g/mol. The van der Waals surface area contributed by atoms with Crippen molar-refractivity contribution in [2.24, 2.45) is 0 Å². The van der Waals surface area contributed by atoms with Crippen LogP contribution < -0.4 is 10.1 Å². The number of piperazine rings is 1. The zero-order valence-corrected chi connectivity index (χ0v) is 12.4. The fraction of sp³-hybridized carbons (Fsp3) is 0.571. The van der Waals surface area contributed by atoms with Gasteiger partial charge in [-0.05, 0) is 18.9 Å². The Labute approximate surface area is 120 Å². The zero-order chi connectivity index (χ0) is 14.2. The Morgan fingerprint density at radius 3 is 2.75 bits per heavy atom. The van der Waals surface area contributed by atoms with Gasteiger partial charge in [0.05, 0.1) is 18.4 Å². The second-order valence-corrected chi connectivity index (χ2v) is 7.48. The number of methoxy groups -OCH3 is 1. The third-order valence-corrected chi connectivity index (χ3v) is 6.37. The third kappa shape index (κ3) is 2.43. The molecule has 1 aromatic carbocycles. The molecule has 0 radical (unpaired) electrons. The molecule has 5 nitrogen and oxygen atoms in total. The van der Waals surface area contributed by atoms with Crippen LogP contribution in [0.2, 0.25) is 0 Å². The van der Waals surface area contributed by atoms with Gasteiger partial charge < -0.3 is 10.1 Å². The van der Waals surface area contributed by atoms with E-state index in [0.717, 1.165) is 24.2 Å². The van der Waals surface area contributed by atoms with Gasteiger partial charge in [0.2, 0.25) is 10.0 Å². The van der Waals surface area contributed by atoms with Crippen LogP contribution in [0.15, 0.2) is 24.3 Å². The standard InChI is InChI=1S/C14H20N2O3S/c1-19-14-5-3-2-4-12(14)13-10-15-8-9-16(13)20(17,18)11-6-7-11/h2-5,11,13,15H,6-10H2,1H3. The van der Waals surface area contributed by atoms with Gasteiger partial charge in [-0.25, -0.2) is 8.42 Å². The number of sulfonamides is 1. The van der Waals surface area contributed by atoms with Crippen LogP contribution in [0.25, 0.3) is 0 Å². The first-order chi connectivity index (χ1) is 9.64. The second kappa shape index (κ2) is 5.35. The summed E-state index contributed by atoms with van der Waals surface area (Å²) in [7, 11) is -1.55. The molecule has 110 valence electrons. The number of para-hydroxylation sites is 1. The minimum Gasteiger partial charge on any atom is -0.496 e. The summed E-state index contributed by atoms with van der Waals surface area (Å²) in [5, 5.41) is 3.12. The van der Waals surface area contributed by atoms with Crippen molar-refractivity contribution < 1.29 is 13.2 Å². The highest BCUT2D eigenvalue weighted by Gasteiger charge is 2.44. The first-order valence-electron chi connectivity index (χ1n) is 6.99. The largest absolute Gasteiger partial charge is 0.496 e. The fourth-order valence-electron chi connectivity index (χ4n) is 2.75. The summed E-state index contributed by atoms with van der Waals surface area (Å²) in [6.07, 6.45) is 1.59. The summed E-state index contributed by atoms with van der Waals surface area (Å²) in [5.41, 5.74) is 0.937. The molecule has 2 aliphatic rings. The number of ether oxygens (including phenoxy) is 1. The van der Waals surface area contributed by atoms with Crippen molar-refractivity contribution in [2.45, 2.75) is 24.1 Å². The van der Waals surface area contributed by atoms with Crippen LogP contribution >= 0.6 is 0 Å². The van der Waals surface area contributed by atoms with Gasteiger partial charge in [0.15, 0.2) is 0 Å². The predicted molar refractivity (Wildman–Crippen MR) is 77.3 cm³/mol. The lowest BCUT2D eigenvalue weighted by atomic mass is 10.0. The topological polar surface area (TPSA) is 58.6 Å². The van der Waals surface area contributed by atoms with Gasteiger partial charge in [-0.15, -0.1) is 0 Å². The summed E-state index contributed by atoms with van der Waals surface area (Å²) in [5.74, 6) is 0.747. The third-order valence-electron chi connectivity index (χ3n) is 3.96. The van der Waals surface area contributed by atoms with Crippen molar-refractivity contribution in [1.29, 1.82) is 0 Å². The van der Waals surface area contributed by atoms with Gasteiger partial charge in [-0.3, -0.25) is 0 Å². The lowest BCUT2D eigenvalue weighted by Gasteiger charge is -2.36. The van der Waals surface area contributed by atoms with Gasteiger partial charge in [0.25, 0.3) is 0 Å². The molecule has 1 aromatic rings. The van der Waals surface area contributed by atoms with Crippen molar-refractivity contribution >= 4 is 10.0 Å². The minimum absolute atomic E-state index is 0.169. The molecule has 1 aliphatic carbocycles. The quantitative estimate of drug-likeness (QED) is 0.905. The molecular weight excluding hydrogens is 276 g/mol. The SMILES string of the molecule is COc1ccccc1C1CNCCN1S(=O)(=O)C1CC1. The van der Waals surface area contributed by atoms with Gasteiger partial charge in [-0.2, -0.15) is 4.31 Å². The van der Waals surface area contributed by atoms with Crippen molar-refractivity contribution in [1.82, 2.24) is 9.62 Å². The van der Waals surface area contributed by atoms with Crippen molar-refractivity contribution in [2.75, 3.05) is 26.7 Å². The average molecular weight is 296 g/mol. The maximum absolute atomic E-state index is 12.6. The van der Waals surface area contributed by atoms with E-state index in [1.54, 1.807) is 11.4 Å². The molecule has 0 spiro atoms. The molecule has 1 atom stereocenters. The molecule has 1 heterocycles. The normalized spacial score (nSPS) is 24.6. The van der Waals surface area contributed by atoms with Gasteiger partial charge in [0.1, 0.15) is 5.75 Å². The van der Waals surface area contributed by atoms with E-state index in [4.69, 9.17) is 4.74 Å². The van der Waals surface area contributed by atoms with Crippen LogP contribution in [-0.2, 0) is 10.0 Å². The smallest absolute Gasteiger partial charge is 0.217 e. The number of benzene rings is 1. The van der Waals surface area contributed by atoms with Crippen LogP contribution in [-0.4, -0.2) is 44.7 Å². The van der Waals surface area contributed by atoms with Crippen molar-refractivity contribution in [3.8, 4) is 5.75 Å². The van der Waals surface area contributed by atoms with Crippen LogP contribution in [0, 0.1) is 0 Å². The first kappa shape index (κ1) is 13.9. The molecule has 20 heavy (non-hydrogen) atoms. The Hall–Kier alpha value is -1.11. The van der Waals surface area contributed by atoms with E-state index in [0.29, 0.717) is 19.6 Å². The average Bonchev–Trinajstić information content (AvgIpc) is 3.32. The van der Waals surface area contributed by atoms with Crippen molar-refractivity contribution in [3.05, 3.63) is 29.8 Å². The van der Waals surface area contributed by atoms with E-state index < -0.39 is 10.0 Å². The van der Waals surface area contributed by atoms with Gasteiger partial charge in [-0.1, -0.05) is 18.2 Å². The van der Waals surface area contributed by atoms with Gasteiger partial charge >= 0.3 is 0 Å². The number of hydrogen-bond acceptors (Lipinski definition) is 4. The van der Waals surface area contributed by atoms with Crippen LogP contribution in [0.5, 0.6) is 5.75 Å². The zero-order valence-electron chi connectivity index (χ0n) is 11.6. The number of hydrogen-bond donors (Lipinski definition) is 1. The summed E-state index contributed by atoms with van der Waals surface area (Å²) < 4.78 is 32.2. The molecule has 1 unspecified atom stereocenters. The highest BCUT2D eigenvalue weighted by Crippen LogP contribution is 2.38. The Balaban J connectivity index is 1.96. The van der Waals surface area contributed by atoms with Crippen LogP contribution in [0.1, 0.15) is 24.4 Å². The Morgan fingerprint density at radius 2 is 2.05 bits per heavy atom. The molecule has 1 saturated heterocycles. The molecule has 0 aromatic heterocycles. The summed E-state index contributed by atoms with van der Waals surface area (Å²) in [6, 6.07) is 7.48. The summed E-state index contributed by atoms with van der Waals surface area (Å²) >= 11 is 0. The molecule has 1 saturated carbocycles. The molecule has 1 N–H and O–H groups in total. The van der Waals surface area contributed by atoms with E-state index in [1.165, 1.54) is 0 Å². The van der Waals surface area contributed by atoms with E-state index in [2.05, 4.69) is 5.32 Å². The van der Waals surface area contributed by atoms with Gasteiger partial charge in [0, 0.05) is 25.2 Å². The molecule has 3 rings (SSSR count). The molecule has 6 heteroatoms. The van der Waals surface area contributed by atoms with E-state index in [-0.39, 0.29) is 11.3 Å². The van der Waals surface area contributed by atoms with E-state index in [9.17, 15) is 8.42 Å². The van der Waals surface area contributed by atoms with Crippen LogP contribution in [0.3, 0.4) is 0 Å². The fourth-order valence-corrected chi connectivity index (χ4v) is 4.76. The number of nitrogens with zero attached hydrogens (tertiary/aromatic N) is 1. The van der Waals surface area contributed by atoms with Crippen molar-refractivity contribution in [3.63, 3.8) is 0 Å². The number of nitrogens with one attached hydrogen (secondary N) is 1. The Bertz CT molecular complexity index is 584. The maximum atomic E-state index is 12.6. The minimum atomic E-state index is -3.17. The Kier molecular flexibility index (Phi) is 3.70. The second-order valence-electron chi connectivity index (χ2n) is 5.32. The molecule has 0 bridgehead atoms. The first-order valence-corrected chi connectivity index (χ1v) is 8.49. The maximum Gasteiger partial charge on any atom is 0.217 e. The molecule has 1 aliphatic heterocycles.